The molecule has 1 rings (SSSR count). The summed E-state index contributed by atoms with van der Waals surface area (Å²) in [6.07, 6.45) is 9.89. The van der Waals surface area contributed by atoms with E-state index in [9.17, 15) is 4.79 Å². The van der Waals surface area contributed by atoms with Crippen molar-refractivity contribution in [2.24, 2.45) is 11.8 Å². The lowest BCUT2D eigenvalue weighted by Crippen LogP contribution is -2.12. The molecule has 0 bridgehead atoms. The molecule has 2 heteroatoms. The summed E-state index contributed by atoms with van der Waals surface area (Å²) < 4.78 is 0. The van der Waals surface area contributed by atoms with Gasteiger partial charge in [-0.05, 0) is 38.0 Å². The van der Waals surface area contributed by atoms with Gasteiger partial charge in [-0.25, -0.2) is 0 Å². The summed E-state index contributed by atoms with van der Waals surface area (Å²) >= 11 is 0. The van der Waals surface area contributed by atoms with Crippen molar-refractivity contribution in [2.75, 3.05) is 0 Å². The van der Waals surface area contributed by atoms with Gasteiger partial charge in [0.1, 0.15) is 0 Å². The number of aliphatic carboxylic acids is 1. The normalized spacial score (nSPS) is 24.2. The third-order valence-corrected chi connectivity index (χ3v) is 2.81. The molecule has 2 unspecified atom stereocenters. The monoisotopic (exact) mass is 182 g/mol. The Labute approximate surface area is 79.6 Å². The Balaban J connectivity index is 2.18. The summed E-state index contributed by atoms with van der Waals surface area (Å²) in [7, 11) is 0. The van der Waals surface area contributed by atoms with E-state index >= 15 is 0 Å². The van der Waals surface area contributed by atoms with Crippen molar-refractivity contribution in [3.8, 4) is 0 Å². The van der Waals surface area contributed by atoms with Crippen molar-refractivity contribution in [2.45, 2.75) is 39.0 Å². The van der Waals surface area contributed by atoms with Gasteiger partial charge in [0.2, 0.25) is 0 Å². The van der Waals surface area contributed by atoms with Gasteiger partial charge in [0.25, 0.3) is 0 Å². The lowest BCUT2D eigenvalue weighted by atomic mass is 9.88. The maximum atomic E-state index is 10.6. The molecule has 0 saturated heterocycles. The lowest BCUT2D eigenvalue weighted by Gasteiger charge is -2.18. The second kappa shape index (κ2) is 5.05. The smallest absolute Gasteiger partial charge is 0.306 e. The van der Waals surface area contributed by atoms with Crippen LogP contribution in [0.4, 0.5) is 0 Å². The Kier molecular flexibility index (Phi) is 4.00. The van der Waals surface area contributed by atoms with E-state index in [1.807, 2.05) is 0 Å². The molecule has 0 aromatic rings. The van der Waals surface area contributed by atoms with Crippen LogP contribution < -0.4 is 0 Å². The standard InChI is InChI=1S/C11H18O2/c1-9(11(12)13)7-8-10-5-3-2-4-6-10/h2-3,9-10H,4-8H2,1H3,(H,12,13). The van der Waals surface area contributed by atoms with Crippen LogP contribution in [0.15, 0.2) is 12.2 Å². The van der Waals surface area contributed by atoms with Crippen molar-refractivity contribution in [1.29, 1.82) is 0 Å². The van der Waals surface area contributed by atoms with E-state index in [0.29, 0.717) is 0 Å². The van der Waals surface area contributed by atoms with Gasteiger partial charge in [-0.1, -0.05) is 19.1 Å². The highest BCUT2D eigenvalue weighted by atomic mass is 16.4. The fourth-order valence-corrected chi connectivity index (χ4v) is 1.73. The van der Waals surface area contributed by atoms with Gasteiger partial charge in [0.15, 0.2) is 0 Å². The number of carboxylic acid groups (broad SMARTS) is 1. The zero-order valence-corrected chi connectivity index (χ0v) is 8.20. The topological polar surface area (TPSA) is 37.3 Å². The molecule has 0 aliphatic heterocycles. The second-order valence-corrected chi connectivity index (χ2v) is 3.97. The van der Waals surface area contributed by atoms with E-state index in [4.69, 9.17) is 5.11 Å². The molecule has 0 aromatic heterocycles. The largest absolute Gasteiger partial charge is 0.481 e. The molecule has 0 fully saturated rings. The SMILES string of the molecule is CC(CCC1CC=CCC1)C(=O)O. The first-order valence-electron chi connectivity index (χ1n) is 5.08. The first kappa shape index (κ1) is 10.3. The molecule has 74 valence electrons. The van der Waals surface area contributed by atoms with Gasteiger partial charge in [-0.2, -0.15) is 0 Å². The number of hydrogen-bond acceptors (Lipinski definition) is 1. The minimum absolute atomic E-state index is 0.175. The second-order valence-electron chi connectivity index (χ2n) is 3.97. The van der Waals surface area contributed by atoms with Crippen molar-refractivity contribution < 1.29 is 9.90 Å². The Morgan fingerprint density at radius 2 is 2.38 bits per heavy atom. The molecular weight excluding hydrogens is 164 g/mol. The molecule has 0 aromatic carbocycles. The van der Waals surface area contributed by atoms with E-state index in [1.54, 1.807) is 6.92 Å². The van der Waals surface area contributed by atoms with Gasteiger partial charge in [-0.3, -0.25) is 4.79 Å². The van der Waals surface area contributed by atoms with Gasteiger partial charge < -0.3 is 5.11 Å². The first-order chi connectivity index (χ1) is 6.20. The highest BCUT2D eigenvalue weighted by Crippen LogP contribution is 2.24. The molecule has 2 atom stereocenters. The van der Waals surface area contributed by atoms with Crippen LogP contribution >= 0.6 is 0 Å². The van der Waals surface area contributed by atoms with E-state index in [0.717, 1.165) is 25.2 Å². The Bertz CT molecular complexity index is 196. The van der Waals surface area contributed by atoms with E-state index in [-0.39, 0.29) is 5.92 Å². The lowest BCUT2D eigenvalue weighted by molar-refractivity contribution is -0.141. The summed E-state index contributed by atoms with van der Waals surface area (Å²) in [6.45, 7) is 1.79. The molecule has 13 heavy (non-hydrogen) atoms. The van der Waals surface area contributed by atoms with Crippen LogP contribution in [0.25, 0.3) is 0 Å². The maximum Gasteiger partial charge on any atom is 0.306 e. The van der Waals surface area contributed by atoms with Crippen LogP contribution in [0, 0.1) is 11.8 Å². The third kappa shape index (κ3) is 3.62. The van der Waals surface area contributed by atoms with Crippen LogP contribution in [0.1, 0.15) is 39.0 Å². The molecule has 0 heterocycles. The summed E-state index contributed by atoms with van der Waals surface area (Å²) in [6, 6.07) is 0. The molecule has 1 aliphatic carbocycles. The number of rotatable bonds is 4. The molecular formula is C11H18O2. The Hall–Kier alpha value is -0.790. The van der Waals surface area contributed by atoms with E-state index in [1.165, 1.54) is 12.8 Å². The molecule has 0 radical (unpaired) electrons. The number of carbonyl (C=O) groups is 1. The number of hydrogen-bond donors (Lipinski definition) is 1. The average molecular weight is 182 g/mol. The fraction of sp³-hybridized carbons (Fsp3) is 0.727. The Morgan fingerprint density at radius 3 is 2.92 bits per heavy atom. The van der Waals surface area contributed by atoms with Gasteiger partial charge in [0, 0.05) is 0 Å². The predicted molar refractivity (Wildman–Crippen MR) is 52.5 cm³/mol. The zero-order valence-electron chi connectivity index (χ0n) is 8.20. The van der Waals surface area contributed by atoms with Crippen LogP contribution in [0.2, 0.25) is 0 Å². The highest BCUT2D eigenvalue weighted by Gasteiger charge is 2.15. The van der Waals surface area contributed by atoms with E-state index in [2.05, 4.69) is 12.2 Å². The van der Waals surface area contributed by atoms with E-state index < -0.39 is 5.97 Å². The van der Waals surface area contributed by atoms with Gasteiger partial charge in [0.05, 0.1) is 5.92 Å². The van der Waals surface area contributed by atoms with Gasteiger partial charge in [-0.15, -0.1) is 0 Å². The number of carboxylic acids is 1. The van der Waals surface area contributed by atoms with Crippen LogP contribution in [0.3, 0.4) is 0 Å². The zero-order chi connectivity index (χ0) is 9.68. The predicted octanol–water partition coefficient (Wildman–Crippen LogP) is 2.84. The molecule has 1 N–H and O–H groups in total. The summed E-state index contributed by atoms with van der Waals surface area (Å²) in [5, 5.41) is 8.70. The maximum absolute atomic E-state index is 10.6. The molecule has 1 aliphatic rings. The summed E-state index contributed by atoms with van der Waals surface area (Å²) in [4.78, 5) is 10.6. The minimum atomic E-state index is -0.661. The summed E-state index contributed by atoms with van der Waals surface area (Å²) in [5.41, 5.74) is 0. The molecule has 0 spiro atoms. The first-order valence-corrected chi connectivity index (χ1v) is 5.08. The number of allylic oxidation sites excluding steroid dienone is 2. The van der Waals surface area contributed by atoms with Gasteiger partial charge >= 0.3 is 5.97 Å². The van der Waals surface area contributed by atoms with Crippen LogP contribution in [-0.2, 0) is 4.79 Å². The molecule has 2 nitrogen and oxygen atoms in total. The molecule has 0 saturated carbocycles. The summed E-state index contributed by atoms with van der Waals surface area (Å²) in [5.74, 6) is -0.107. The van der Waals surface area contributed by atoms with Crippen LogP contribution in [0.5, 0.6) is 0 Å². The minimum Gasteiger partial charge on any atom is -0.481 e. The molecule has 0 amide bonds. The Morgan fingerprint density at radius 1 is 1.62 bits per heavy atom. The third-order valence-electron chi connectivity index (χ3n) is 2.81. The average Bonchev–Trinajstić information content (AvgIpc) is 2.15. The fourth-order valence-electron chi connectivity index (χ4n) is 1.73. The van der Waals surface area contributed by atoms with Crippen molar-refractivity contribution >= 4 is 5.97 Å². The van der Waals surface area contributed by atoms with Crippen molar-refractivity contribution in [3.63, 3.8) is 0 Å². The van der Waals surface area contributed by atoms with Crippen molar-refractivity contribution in [3.05, 3.63) is 12.2 Å². The highest BCUT2D eigenvalue weighted by molar-refractivity contribution is 5.69. The quantitative estimate of drug-likeness (QED) is 0.679. The van der Waals surface area contributed by atoms with Crippen molar-refractivity contribution in [1.82, 2.24) is 0 Å². The van der Waals surface area contributed by atoms with Crippen LogP contribution in [-0.4, -0.2) is 11.1 Å².